The maximum atomic E-state index is 13.2. The molecule has 1 aromatic carbocycles. The maximum Gasteiger partial charge on any atom is 0.274 e. The number of rotatable bonds is 2. The summed E-state index contributed by atoms with van der Waals surface area (Å²) in [5, 5.41) is 6.77. The van der Waals surface area contributed by atoms with Crippen LogP contribution in [0.15, 0.2) is 47.9 Å². The quantitative estimate of drug-likeness (QED) is 0.674. The molecule has 0 atom stereocenters. The van der Waals surface area contributed by atoms with Crippen LogP contribution in [0.25, 0.3) is 16.8 Å². The van der Waals surface area contributed by atoms with Crippen molar-refractivity contribution >= 4 is 22.8 Å². The zero-order chi connectivity index (χ0) is 18.4. The Morgan fingerprint density at radius 2 is 1.96 bits per heavy atom. The topological polar surface area (TPSA) is 38.1 Å². The van der Waals surface area contributed by atoms with E-state index in [0.717, 1.165) is 37.1 Å². The van der Waals surface area contributed by atoms with E-state index in [2.05, 4.69) is 46.9 Å². The summed E-state index contributed by atoms with van der Waals surface area (Å²) >= 11 is 1.80. The van der Waals surface area contributed by atoms with Crippen LogP contribution >= 0.6 is 11.3 Å². The maximum absolute atomic E-state index is 13.2. The molecular formula is C22H21N3OS. The van der Waals surface area contributed by atoms with Crippen molar-refractivity contribution in [2.24, 2.45) is 7.05 Å². The smallest absolute Gasteiger partial charge is 0.274 e. The van der Waals surface area contributed by atoms with E-state index in [1.54, 1.807) is 11.3 Å². The highest BCUT2D eigenvalue weighted by Gasteiger charge is 2.30. The van der Waals surface area contributed by atoms with Crippen LogP contribution in [0.5, 0.6) is 0 Å². The van der Waals surface area contributed by atoms with Gasteiger partial charge in [0.05, 0.1) is 5.69 Å². The lowest BCUT2D eigenvalue weighted by Gasteiger charge is -2.26. The molecule has 0 unspecified atom stereocenters. The normalized spacial score (nSPS) is 15.9. The Hall–Kier alpha value is -2.66. The van der Waals surface area contributed by atoms with Crippen molar-refractivity contribution in [3.8, 4) is 11.3 Å². The molecule has 0 spiro atoms. The number of aryl methyl sites for hydroxylation is 2. The third-order valence-corrected chi connectivity index (χ3v) is 6.57. The van der Waals surface area contributed by atoms with Crippen LogP contribution < -0.4 is 0 Å². The number of fused-ring (bicyclic) bond motifs is 3. The van der Waals surface area contributed by atoms with Gasteiger partial charge in [-0.15, -0.1) is 11.3 Å². The molecule has 5 heteroatoms. The van der Waals surface area contributed by atoms with Crippen LogP contribution in [0.1, 0.15) is 32.9 Å². The van der Waals surface area contributed by atoms with E-state index in [1.807, 2.05) is 22.7 Å². The summed E-state index contributed by atoms with van der Waals surface area (Å²) in [5.74, 6) is 0.0638. The largest absolute Gasteiger partial charge is 0.333 e. The second kappa shape index (κ2) is 6.50. The van der Waals surface area contributed by atoms with E-state index in [9.17, 15) is 4.79 Å². The summed E-state index contributed by atoms with van der Waals surface area (Å²) in [4.78, 5) is 16.5. The molecule has 4 nitrogen and oxygen atoms in total. The fourth-order valence-corrected chi connectivity index (χ4v) is 5.09. The molecule has 27 heavy (non-hydrogen) atoms. The van der Waals surface area contributed by atoms with Crippen molar-refractivity contribution in [1.82, 2.24) is 14.7 Å². The highest BCUT2D eigenvalue weighted by atomic mass is 32.1. The molecule has 0 saturated carbocycles. The fourth-order valence-electron chi connectivity index (χ4n) is 4.21. The summed E-state index contributed by atoms with van der Waals surface area (Å²) in [7, 11) is 1.95. The van der Waals surface area contributed by atoms with Crippen molar-refractivity contribution in [1.29, 1.82) is 0 Å². The van der Waals surface area contributed by atoms with Crippen molar-refractivity contribution in [2.45, 2.75) is 19.3 Å². The summed E-state index contributed by atoms with van der Waals surface area (Å²) in [5.41, 5.74) is 6.71. The van der Waals surface area contributed by atoms with Crippen molar-refractivity contribution < 1.29 is 4.79 Å². The Kier molecular flexibility index (Phi) is 3.97. The Labute approximate surface area is 162 Å². The molecule has 0 saturated heterocycles. The van der Waals surface area contributed by atoms with Gasteiger partial charge in [-0.3, -0.25) is 9.48 Å². The van der Waals surface area contributed by atoms with Gasteiger partial charge in [-0.2, -0.15) is 5.10 Å². The number of hydrogen-bond donors (Lipinski definition) is 0. The first-order chi connectivity index (χ1) is 13.2. The average molecular weight is 375 g/mol. The van der Waals surface area contributed by atoms with Gasteiger partial charge in [0.1, 0.15) is 0 Å². The molecule has 5 rings (SSSR count). The Morgan fingerprint density at radius 1 is 1.11 bits per heavy atom. The second-order valence-corrected chi connectivity index (χ2v) is 8.15. The number of carbonyl (C=O) groups is 1. The van der Waals surface area contributed by atoms with Crippen LogP contribution in [0.4, 0.5) is 0 Å². The fraction of sp³-hybridized carbons (Fsp3) is 0.273. The minimum atomic E-state index is 0.0638. The molecular weight excluding hydrogens is 354 g/mol. The zero-order valence-electron chi connectivity index (χ0n) is 15.3. The van der Waals surface area contributed by atoms with Gasteiger partial charge in [-0.05, 0) is 41.8 Å². The molecule has 1 aliphatic heterocycles. The number of nitrogens with zero attached hydrogens (tertiary/aromatic N) is 3. The van der Waals surface area contributed by atoms with E-state index < -0.39 is 0 Å². The zero-order valence-corrected chi connectivity index (χ0v) is 16.1. The average Bonchev–Trinajstić information content (AvgIpc) is 3.32. The third kappa shape index (κ3) is 2.73. The first kappa shape index (κ1) is 16.5. The van der Waals surface area contributed by atoms with Crippen LogP contribution in [-0.2, 0) is 19.9 Å². The summed E-state index contributed by atoms with van der Waals surface area (Å²) in [6.45, 7) is 1.40. The van der Waals surface area contributed by atoms with E-state index in [-0.39, 0.29) is 5.91 Å². The van der Waals surface area contributed by atoms with Crippen LogP contribution in [0, 0.1) is 0 Å². The predicted molar refractivity (Wildman–Crippen MR) is 109 cm³/mol. The highest BCUT2D eigenvalue weighted by molar-refractivity contribution is 7.10. The molecule has 3 heterocycles. The molecule has 2 aliphatic rings. The van der Waals surface area contributed by atoms with Crippen LogP contribution in [0.3, 0.4) is 0 Å². The highest BCUT2D eigenvalue weighted by Crippen LogP contribution is 2.38. The number of aromatic nitrogens is 2. The van der Waals surface area contributed by atoms with Crippen molar-refractivity contribution in [3.05, 3.63) is 69.6 Å². The van der Waals surface area contributed by atoms with Gasteiger partial charge in [-0.1, -0.05) is 36.4 Å². The summed E-state index contributed by atoms with van der Waals surface area (Å²) in [6.07, 6.45) is 4.98. The van der Waals surface area contributed by atoms with Crippen molar-refractivity contribution in [3.63, 3.8) is 0 Å². The third-order valence-electron chi connectivity index (χ3n) is 5.59. The van der Waals surface area contributed by atoms with Gasteiger partial charge in [0.15, 0.2) is 5.69 Å². The molecule has 1 aliphatic carbocycles. The molecule has 0 radical (unpaired) electrons. The monoisotopic (exact) mass is 375 g/mol. The van der Waals surface area contributed by atoms with E-state index in [4.69, 9.17) is 0 Å². The standard InChI is InChI=1S/C22H21N3OS/c1-24-21-17-11-14-27-19(17)8-7-18(21)20(23-24)22(26)25-12-9-16(10-13-25)15-5-3-2-4-6-15/h2-6,9,11,14H,7-8,10,12-13H2,1H3. The number of carbonyl (C=O) groups excluding carboxylic acids is 1. The molecule has 2 aromatic heterocycles. The van der Waals surface area contributed by atoms with E-state index >= 15 is 0 Å². The molecule has 0 N–H and O–H groups in total. The van der Waals surface area contributed by atoms with Gasteiger partial charge in [0, 0.05) is 36.1 Å². The number of amides is 1. The van der Waals surface area contributed by atoms with Gasteiger partial charge < -0.3 is 4.90 Å². The first-order valence-corrected chi connectivity index (χ1v) is 10.3. The summed E-state index contributed by atoms with van der Waals surface area (Å²) < 4.78 is 1.89. The number of benzene rings is 1. The first-order valence-electron chi connectivity index (χ1n) is 9.38. The van der Waals surface area contributed by atoms with Crippen molar-refractivity contribution in [2.75, 3.05) is 13.1 Å². The van der Waals surface area contributed by atoms with Gasteiger partial charge in [0.2, 0.25) is 0 Å². The van der Waals surface area contributed by atoms with Gasteiger partial charge in [0.25, 0.3) is 5.91 Å². The van der Waals surface area contributed by atoms with Crippen LogP contribution in [-0.4, -0.2) is 33.7 Å². The Bertz CT molecular complexity index is 1040. The van der Waals surface area contributed by atoms with Gasteiger partial charge >= 0.3 is 0 Å². The van der Waals surface area contributed by atoms with E-state index in [0.29, 0.717) is 12.2 Å². The molecule has 1 amide bonds. The molecule has 136 valence electrons. The lowest BCUT2D eigenvalue weighted by molar-refractivity contribution is 0.0765. The van der Waals surface area contributed by atoms with Gasteiger partial charge in [-0.25, -0.2) is 0 Å². The van der Waals surface area contributed by atoms with Crippen LogP contribution in [0.2, 0.25) is 0 Å². The van der Waals surface area contributed by atoms with E-state index in [1.165, 1.54) is 21.6 Å². The minimum Gasteiger partial charge on any atom is -0.333 e. The minimum absolute atomic E-state index is 0.0638. The lowest BCUT2D eigenvalue weighted by Crippen LogP contribution is -2.35. The molecule has 3 aromatic rings. The Balaban J connectivity index is 1.42. The lowest BCUT2D eigenvalue weighted by atomic mass is 9.94. The SMILES string of the molecule is Cn1nc(C(=O)N2CC=C(c3ccccc3)CC2)c2c1-c1ccsc1CC2. The number of hydrogen-bond acceptors (Lipinski definition) is 3. The predicted octanol–water partition coefficient (Wildman–Crippen LogP) is 4.18. The summed E-state index contributed by atoms with van der Waals surface area (Å²) in [6, 6.07) is 12.6. The number of thiophene rings is 1. The Morgan fingerprint density at radius 3 is 2.74 bits per heavy atom. The molecule has 0 bridgehead atoms. The molecule has 0 fully saturated rings. The second-order valence-electron chi connectivity index (χ2n) is 7.15.